The molecule has 1 aliphatic rings. The van der Waals surface area contributed by atoms with Crippen LogP contribution in [-0.2, 0) is 6.54 Å². The Kier molecular flexibility index (Phi) is 9.57. The van der Waals surface area contributed by atoms with Gasteiger partial charge in [-0.3, -0.25) is 4.99 Å². The summed E-state index contributed by atoms with van der Waals surface area (Å²) in [7, 11) is 3.79. The molecule has 0 aliphatic carbocycles. The van der Waals surface area contributed by atoms with Crippen molar-refractivity contribution >= 4 is 35.6 Å². The van der Waals surface area contributed by atoms with Gasteiger partial charge in [0.15, 0.2) is 5.96 Å². The third kappa shape index (κ3) is 6.80. The van der Waals surface area contributed by atoms with E-state index in [1.165, 1.54) is 17.7 Å². The van der Waals surface area contributed by atoms with Crippen LogP contribution < -0.4 is 15.0 Å². The predicted molar refractivity (Wildman–Crippen MR) is 133 cm³/mol. The first-order chi connectivity index (χ1) is 13.7. The van der Waals surface area contributed by atoms with Crippen molar-refractivity contribution in [3.05, 3.63) is 60.2 Å². The number of hydrogen-bond acceptors (Lipinski definition) is 3. The van der Waals surface area contributed by atoms with Gasteiger partial charge in [0.1, 0.15) is 5.75 Å². The van der Waals surface area contributed by atoms with Crippen molar-refractivity contribution in [2.75, 3.05) is 45.2 Å². The standard InChI is InChI=1S/C23H32N4O.HI/c1-4-24-23(26(2)17-19-10-12-22(28-3)13-11-19)25-16-20-14-15-27(18-20)21-8-6-5-7-9-21;/h5-13,20H,4,14-18H2,1-3H3,(H,24,25);1H. The highest BCUT2D eigenvalue weighted by molar-refractivity contribution is 14.0. The second-order valence-corrected chi connectivity index (χ2v) is 7.34. The molecule has 1 unspecified atom stereocenters. The first-order valence-electron chi connectivity index (χ1n) is 10.1. The van der Waals surface area contributed by atoms with E-state index in [0.717, 1.165) is 44.4 Å². The highest BCUT2D eigenvalue weighted by Crippen LogP contribution is 2.23. The van der Waals surface area contributed by atoms with E-state index < -0.39 is 0 Å². The summed E-state index contributed by atoms with van der Waals surface area (Å²) in [6, 6.07) is 18.9. The summed E-state index contributed by atoms with van der Waals surface area (Å²) in [5.74, 6) is 2.45. The van der Waals surface area contributed by atoms with Crippen LogP contribution in [-0.4, -0.2) is 51.2 Å². The monoisotopic (exact) mass is 508 g/mol. The number of nitrogens with one attached hydrogen (secondary N) is 1. The zero-order valence-corrected chi connectivity index (χ0v) is 20.0. The minimum atomic E-state index is 0. The van der Waals surface area contributed by atoms with Crippen LogP contribution in [0.5, 0.6) is 5.75 Å². The van der Waals surface area contributed by atoms with Gasteiger partial charge in [-0.2, -0.15) is 0 Å². The lowest BCUT2D eigenvalue weighted by atomic mass is 10.1. The van der Waals surface area contributed by atoms with Crippen molar-refractivity contribution in [1.82, 2.24) is 10.2 Å². The number of methoxy groups -OCH3 is 1. The lowest BCUT2D eigenvalue weighted by Crippen LogP contribution is -2.39. The van der Waals surface area contributed by atoms with Gasteiger partial charge in [0, 0.05) is 45.5 Å². The SMILES string of the molecule is CCNC(=NCC1CCN(c2ccccc2)C1)N(C)Cc1ccc(OC)cc1.I. The number of guanidine groups is 1. The molecule has 158 valence electrons. The lowest BCUT2D eigenvalue weighted by Gasteiger charge is -2.23. The van der Waals surface area contributed by atoms with Gasteiger partial charge in [0.25, 0.3) is 0 Å². The molecule has 1 atom stereocenters. The minimum absolute atomic E-state index is 0. The van der Waals surface area contributed by atoms with Crippen molar-refractivity contribution in [3.63, 3.8) is 0 Å². The number of para-hydroxylation sites is 1. The Morgan fingerprint density at radius 2 is 1.90 bits per heavy atom. The Morgan fingerprint density at radius 3 is 2.55 bits per heavy atom. The third-order valence-corrected chi connectivity index (χ3v) is 5.18. The van der Waals surface area contributed by atoms with E-state index in [9.17, 15) is 0 Å². The maximum Gasteiger partial charge on any atom is 0.193 e. The number of anilines is 1. The van der Waals surface area contributed by atoms with Crippen LogP contribution in [0, 0.1) is 5.92 Å². The molecule has 1 N–H and O–H groups in total. The number of aliphatic imine (C=N–C) groups is 1. The van der Waals surface area contributed by atoms with Crippen LogP contribution in [0.3, 0.4) is 0 Å². The number of rotatable bonds is 7. The molecule has 0 amide bonds. The van der Waals surface area contributed by atoms with Crippen molar-refractivity contribution in [1.29, 1.82) is 0 Å². The van der Waals surface area contributed by atoms with E-state index in [1.54, 1.807) is 7.11 Å². The molecular weight excluding hydrogens is 475 g/mol. The van der Waals surface area contributed by atoms with Crippen LogP contribution in [0.2, 0.25) is 0 Å². The van der Waals surface area contributed by atoms with Gasteiger partial charge in [-0.25, -0.2) is 0 Å². The summed E-state index contributed by atoms with van der Waals surface area (Å²) < 4.78 is 5.24. The highest BCUT2D eigenvalue weighted by Gasteiger charge is 2.22. The summed E-state index contributed by atoms with van der Waals surface area (Å²) in [6.45, 7) is 6.85. The van der Waals surface area contributed by atoms with E-state index in [1.807, 2.05) is 12.1 Å². The van der Waals surface area contributed by atoms with E-state index in [2.05, 4.69) is 71.6 Å². The molecule has 3 rings (SSSR count). The van der Waals surface area contributed by atoms with E-state index >= 15 is 0 Å². The zero-order chi connectivity index (χ0) is 19.8. The highest BCUT2D eigenvalue weighted by atomic mass is 127. The average molecular weight is 508 g/mol. The molecule has 0 radical (unpaired) electrons. The first kappa shape index (κ1) is 23.3. The fourth-order valence-electron chi connectivity index (χ4n) is 3.62. The van der Waals surface area contributed by atoms with Gasteiger partial charge in [0.2, 0.25) is 0 Å². The molecule has 5 nitrogen and oxygen atoms in total. The maximum atomic E-state index is 5.24. The van der Waals surface area contributed by atoms with Crippen LogP contribution >= 0.6 is 24.0 Å². The Labute approximate surface area is 192 Å². The van der Waals surface area contributed by atoms with Gasteiger partial charge >= 0.3 is 0 Å². The lowest BCUT2D eigenvalue weighted by molar-refractivity contribution is 0.414. The molecule has 6 heteroatoms. The Bertz CT molecular complexity index is 751. The van der Waals surface area contributed by atoms with E-state index in [0.29, 0.717) is 5.92 Å². The summed E-state index contributed by atoms with van der Waals surface area (Å²) in [6.07, 6.45) is 1.19. The number of ether oxygens (including phenoxy) is 1. The Morgan fingerprint density at radius 1 is 1.17 bits per heavy atom. The molecule has 0 saturated carbocycles. The van der Waals surface area contributed by atoms with E-state index in [-0.39, 0.29) is 24.0 Å². The fraction of sp³-hybridized carbons (Fsp3) is 0.435. The second kappa shape index (κ2) is 11.9. The maximum absolute atomic E-state index is 5.24. The number of benzene rings is 2. The molecule has 1 heterocycles. The summed E-state index contributed by atoms with van der Waals surface area (Å²) >= 11 is 0. The second-order valence-electron chi connectivity index (χ2n) is 7.34. The van der Waals surface area contributed by atoms with Gasteiger partial charge in [-0.15, -0.1) is 24.0 Å². The van der Waals surface area contributed by atoms with Gasteiger partial charge in [-0.05, 0) is 49.1 Å². The predicted octanol–water partition coefficient (Wildman–Crippen LogP) is 4.24. The van der Waals surface area contributed by atoms with Gasteiger partial charge < -0.3 is 19.9 Å². The molecule has 2 aromatic rings. The molecule has 0 aromatic heterocycles. The molecule has 0 bridgehead atoms. The number of halogens is 1. The van der Waals surface area contributed by atoms with Crippen molar-refractivity contribution in [2.45, 2.75) is 19.9 Å². The van der Waals surface area contributed by atoms with Crippen LogP contribution in [0.15, 0.2) is 59.6 Å². The molecular formula is C23H33IN4O. The third-order valence-electron chi connectivity index (χ3n) is 5.18. The van der Waals surface area contributed by atoms with Crippen LogP contribution in [0.4, 0.5) is 5.69 Å². The summed E-state index contributed by atoms with van der Waals surface area (Å²) in [4.78, 5) is 9.59. The molecule has 29 heavy (non-hydrogen) atoms. The Hall–Kier alpha value is -1.96. The smallest absolute Gasteiger partial charge is 0.193 e. The first-order valence-corrected chi connectivity index (χ1v) is 10.1. The molecule has 0 spiro atoms. The van der Waals surface area contributed by atoms with E-state index in [4.69, 9.17) is 9.73 Å². The number of nitrogens with zero attached hydrogens (tertiary/aromatic N) is 3. The largest absolute Gasteiger partial charge is 0.497 e. The molecule has 1 fully saturated rings. The topological polar surface area (TPSA) is 40.1 Å². The fourth-order valence-corrected chi connectivity index (χ4v) is 3.62. The quantitative estimate of drug-likeness (QED) is 0.345. The van der Waals surface area contributed by atoms with Crippen molar-refractivity contribution < 1.29 is 4.74 Å². The Balaban J connectivity index is 0.00000300. The van der Waals surface area contributed by atoms with Crippen molar-refractivity contribution in [2.24, 2.45) is 10.9 Å². The summed E-state index contributed by atoms with van der Waals surface area (Å²) in [5, 5.41) is 3.43. The molecule has 1 aliphatic heterocycles. The van der Waals surface area contributed by atoms with Crippen molar-refractivity contribution in [3.8, 4) is 5.75 Å². The molecule has 1 saturated heterocycles. The zero-order valence-electron chi connectivity index (χ0n) is 17.7. The van der Waals surface area contributed by atoms with Gasteiger partial charge in [0.05, 0.1) is 7.11 Å². The van der Waals surface area contributed by atoms with Gasteiger partial charge in [-0.1, -0.05) is 30.3 Å². The average Bonchev–Trinajstić information content (AvgIpc) is 3.21. The minimum Gasteiger partial charge on any atom is -0.497 e. The van der Waals surface area contributed by atoms with Crippen LogP contribution in [0.25, 0.3) is 0 Å². The number of hydrogen-bond donors (Lipinski definition) is 1. The van der Waals surface area contributed by atoms with Crippen LogP contribution in [0.1, 0.15) is 18.9 Å². The molecule has 2 aromatic carbocycles. The normalized spacial score (nSPS) is 16.3. The summed E-state index contributed by atoms with van der Waals surface area (Å²) in [5.41, 5.74) is 2.56.